The van der Waals surface area contributed by atoms with Gasteiger partial charge >= 0.3 is 17.1 Å². The van der Waals surface area contributed by atoms with Gasteiger partial charge < -0.3 is 10.1 Å². The summed E-state index contributed by atoms with van der Waals surface area (Å²) in [5.74, 6) is 1.30. The molecule has 0 amide bonds. The average molecular weight is 481 g/mol. The molecule has 4 heteroatoms. The summed E-state index contributed by atoms with van der Waals surface area (Å²) in [5.41, 5.74) is 1.15. The Labute approximate surface area is 203 Å². The minimum Gasteiger partial charge on any atom is -0.648 e. The molecule has 1 unspecified atom stereocenters. The van der Waals surface area contributed by atoms with E-state index in [1.807, 2.05) is 30.3 Å². The summed E-state index contributed by atoms with van der Waals surface area (Å²) in [6, 6.07) is 31.8. The number of hydrogen-bond acceptors (Lipinski definition) is 1. The number of allylic oxidation sites excluding steroid dienone is 5. The molecule has 0 saturated carbocycles. The second-order valence-corrected chi connectivity index (χ2v) is 10.0. The molecule has 1 atom stereocenters. The van der Waals surface area contributed by atoms with Crippen molar-refractivity contribution in [2.75, 3.05) is 6.61 Å². The van der Waals surface area contributed by atoms with Gasteiger partial charge in [0.2, 0.25) is 0 Å². The van der Waals surface area contributed by atoms with Gasteiger partial charge in [-0.25, -0.2) is 12.1 Å². The fraction of sp³-hybridized carbons (Fsp3) is 0.179. The Balaban J connectivity index is 0.000000427. The van der Waals surface area contributed by atoms with Gasteiger partial charge in [0.25, 0.3) is 0 Å². The molecule has 1 saturated heterocycles. The van der Waals surface area contributed by atoms with Crippen LogP contribution in [0.3, 0.4) is 0 Å². The molecule has 0 bridgehead atoms. The molecule has 0 spiro atoms. The molecule has 0 aromatic heterocycles. The molecular weight excluding hydrogens is 453 g/mol. The summed E-state index contributed by atoms with van der Waals surface area (Å²) in [7, 11) is -0.636. The van der Waals surface area contributed by atoms with Crippen LogP contribution < -0.4 is 10.6 Å². The van der Waals surface area contributed by atoms with E-state index < -0.39 is 7.92 Å². The molecule has 3 aromatic rings. The number of rotatable bonds is 4. The predicted molar refractivity (Wildman–Crippen MR) is 133 cm³/mol. The fourth-order valence-corrected chi connectivity index (χ4v) is 6.01. The van der Waals surface area contributed by atoms with Crippen molar-refractivity contribution in [3.8, 4) is 0 Å². The maximum atomic E-state index is 5.99. The van der Waals surface area contributed by atoms with Crippen LogP contribution in [0.15, 0.2) is 126 Å². The van der Waals surface area contributed by atoms with Gasteiger partial charge in [0.1, 0.15) is 0 Å². The van der Waals surface area contributed by atoms with Gasteiger partial charge in [-0.2, -0.15) is 18.2 Å². The number of nitrogens with zero attached hydrogens (tertiary/aromatic N) is 1. The normalized spacial score (nSPS) is 19.0. The Morgan fingerprint density at radius 1 is 0.906 bits per heavy atom. The van der Waals surface area contributed by atoms with E-state index in [0.717, 1.165) is 11.5 Å². The van der Waals surface area contributed by atoms with Gasteiger partial charge in [-0.05, 0) is 23.8 Å². The minimum atomic E-state index is -0.636. The predicted octanol–water partition coefficient (Wildman–Crippen LogP) is 6.62. The molecule has 2 nitrogen and oxygen atoms in total. The van der Waals surface area contributed by atoms with Crippen LogP contribution in [0, 0.1) is 5.92 Å². The third kappa shape index (κ3) is 5.87. The zero-order valence-electron chi connectivity index (χ0n) is 18.4. The molecule has 0 radical (unpaired) electrons. The minimum absolute atomic E-state index is 0. The number of hydrogen-bond donors (Lipinski definition) is 0. The molecular formula is C28H28FeNOP. The third-order valence-corrected chi connectivity index (χ3v) is 7.79. The van der Waals surface area contributed by atoms with Gasteiger partial charge in [-0.15, -0.1) is 0 Å². The molecule has 1 heterocycles. The largest absolute Gasteiger partial charge is 2.00 e. The van der Waals surface area contributed by atoms with E-state index in [-0.39, 0.29) is 23.1 Å². The van der Waals surface area contributed by atoms with Crippen LogP contribution in [-0.2, 0) is 21.8 Å². The Bertz CT molecular complexity index is 983. The smallest absolute Gasteiger partial charge is 0.648 e. The molecule has 0 N–H and O–H groups in total. The zero-order valence-corrected chi connectivity index (χ0v) is 20.4. The third-order valence-electron chi connectivity index (χ3n) is 5.29. The molecule has 1 fully saturated rings. The summed E-state index contributed by atoms with van der Waals surface area (Å²) in [4.78, 5) is 0. The van der Waals surface area contributed by atoms with Crippen molar-refractivity contribution in [3.05, 3.63) is 131 Å². The summed E-state index contributed by atoms with van der Waals surface area (Å²) in [6.45, 7) is 5.09. The summed E-state index contributed by atoms with van der Waals surface area (Å²) in [5, 5.41) is 8.88. The molecule has 1 aliphatic heterocycles. The van der Waals surface area contributed by atoms with E-state index in [0.29, 0.717) is 12.5 Å². The first kappa shape index (κ1) is 24.2. The summed E-state index contributed by atoms with van der Waals surface area (Å²) in [6.07, 6.45) is 6.51. The van der Waals surface area contributed by atoms with Gasteiger partial charge in [0.05, 0.1) is 6.61 Å². The quantitative estimate of drug-likeness (QED) is 0.234. The van der Waals surface area contributed by atoms with Gasteiger partial charge in [0, 0.05) is 11.5 Å². The van der Waals surface area contributed by atoms with Crippen molar-refractivity contribution < 1.29 is 21.8 Å². The van der Waals surface area contributed by atoms with E-state index in [1.165, 1.54) is 15.9 Å². The molecule has 1 aliphatic carbocycles. The molecule has 2 aliphatic rings. The molecule has 3 aromatic carbocycles. The standard InChI is InChI=1S/C23H23NOP.C5H5.Fe/c1-17(2)21-16-25-23(24-21)20-14-9-15-22(20)26(18-10-5-3-6-11-18)19-12-7-4-8-13-19;1-2-4-5-3-1;/h3-15,17,21H,16H2,1-2H3;1-5H;/q2*-1;+2. The summed E-state index contributed by atoms with van der Waals surface area (Å²) < 4.78 is 5.99. The SMILES string of the molecule is CC(C)C1COC(=C2C=CC=C2P(c2ccccc2)c2ccccc2)[N-]1.[Fe+2].c1cc[cH-]c1. The number of benzene rings is 2. The van der Waals surface area contributed by atoms with Crippen LogP contribution in [0.25, 0.3) is 5.32 Å². The maximum Gasteiger partial charge on any atom is 2.00 e. The molecule has 32 heavy (non-hydrogen) atoms. The van der Waals surface area contributed by atoms with Crippen LogP contribution in [0.4, 0.5) is 0 Å². The van der Waals surface area contributed by atoms with Crippen molar-refractivity contribution in [2.24, 2.45) is 5.92 Å². The average Bonchev–Trinajstić information content (AvgIpc) is 3.58. The van der Waals surface area contributed by atoms with Crippen LogP contribution in [0.2, 0.25) is 0 Å². The van der Waals surface area contributed by atoms with E-state index in [2.05, 4.69) is 92.7 Å². The monoisotopic (exact) mass is 481 g/mol. The van der Waals surface area contributed by atoms with Crippen molar-refractivity contribution in [1.82, 2.24) is 0 Å². The van der Waals surface area contributed by atoms with Gasteiger partial charge in [-0.3, -0.25) is 0 Å². The first-order valence-corrected chi connectivity index (χ1v) is 12.1. The van der Waals surface area contributed by atoms with Crippen LogP contribution >= 0.6 is 7.92 Å². The Hall–Kier alpha value is -2.44. The van der Waals surface area contributed by atoms with Crippen molar-refractivity contribution in [1.29, 1.82) is 0 Å². The van der Waals surface area contributed by atoms with Crippen LogP contribution in [0.1, 0.15) is 13.8 Å². The molecule has 164 valence electrons. The second kappa shape index (κ2) is 12.0. The fourth-order valence-electron chi connectivity index (χ4n) is 3.57. The topological polar surface area (TPSA) is 23.3 Å². The van der Waals surface area contributed by atoms with E-state index in [4.69, 9.17) is 10.1 Å². The van der Waals surface area contributed by atoms with E-state index in [1.54, 1.807) is 0 Å². The number of ether oxygens (including phenoxy) is 1. The first-order valence-electron chi connectivity index (χ1n) is 10.8. The zero-order chi connectivity index (χ0) is 21.5. The van der Waals surface area contributed by atoms with Gasteiger partial charge in [0.15, 0.2) is 0 Å². The summed E-state index contributed by atoms with van der Waals surface area (Å²) >= 11 is 0. The van der Waals surface area contributed by atoms with Crippen LogP contribution in [-0.4, -0.2) is 12.6 Å². The Kier molecular flexibility index (Phi) is 9.06. The van der Waals surface area contributed by atoms with E-state index >= 15 is 0 Å². The maximum absolute atomic E-state index is 5.99. The van der Waals surface area contributed by atoms with Crippen molar-refractivity contribution >= 4 is 18.5 Å². The van der Waals surface area contributed by atoms with E-state index in [9.17, 15) is 0 Å². The van der Waals surface area contributed by atoms with Crippen molar-refractivity contribution in [2.45, 2.75) is 19.9 Å². The van der Waals surface area contributed by atoms with Crippen molar-refractivity contribution in [3.63, 3.8) is 0 Å². The Morgan fingerprint density at radius 3 is 1.97 bits per heavy atom. The van der Waals surface area contributed by atoms with Gasteiger partial charge in [-0.1, -0.05) is 105 Å². The second-order valence-electron chi connectivity index (χ2n) is 7.85. The first-order chi connectivity index (χ1) is 15.2. The molecule has 5 rings (SSSR count). The Morgan fingerprint density at radius 2 is 1.50 bits per heavy atom. The van der Waals surface area contributed by atoms with Crippen LogP contribution in [0.5, 0.6) is 0 Å².